The van der Waals surface area contributed by atoms with Crippen molar-refractivity contribution in [1.82, 2.24) is 19.9 Å². The summed E-state index contributed by atoms with van der Waals surface area (Å²) in [5, 5.41) is 3.96. The number of hydrogen-bond donors (Lipinski definition) is 2. The Balaban J connectivity index is 1.26. The van der Waals surface area contributed by atoms with Crippen LogP contribution >= 0.6 is 0 Å². The molecule has 0 atom stereocenters. The quantitative estimate of drug-likeness (QED) is 0.442. The number of fused-ring (bicyclic) bond motifs is 1. The van der Waals surface area contributed by atoms with Gasteiger partial charge in [-0.15, -0.1) is 0 Å². The number of benzene rings is 1. The second kappa shape index (κ2) is 9.77. The Labute approximate surface area is 192 Å². The van der Waals surface area contributed by atoms with Gasteiger partial charge in [0.15, 0.2) is 0 Å². The van der Waals surface area contributed by atoms with E-state index in [1.54, 1.807) is 24.7 Å². The zero-order valence-electron chi connectivity index (χ0n) is 18.2. The number of pyridine rings is 2. The number of aromatic nitrogens is 3. The number of nitrogens with zero attached hydrogens (tertiary/aromatic N) is 3. The SMILES string of the molecule is O=C(/C=C/c1cnccc1-c1c[nH]c2ncccc12)Nc1ccc(CN2CCOCC2)cc1. The van der Waals surface area contributed by atoms with E-state index in [1.807, 2.05) is 36.5 Å². The number of carbonyl (C=O) groups is 1. The van der Waals surface area contributed by atoms with Gasteiger partial charge in [-0.05, 0) is 47.5 Å². The number of hydrogen-bond acceptors (Lipinski definition) is 5. The third-order valence-corrected chi connectivity index (χ3v) is 5.74. The molecule has 166 valence electrons. The van der Waals surface area contributed by atoms with Crippen LogP contribution < -0.4 is 5.32 Å². The minimum atomic E-state index is -0.189. The van der Waals surface area contributed by atoms with E-state index < -0.39 is 0 Å². The lowest BCUT2D eigenvalue weighted by Crippen LogP contribution is -2.35. The standard InChI is InChI=1S/C26H25N5O2/c32-25(30-21-6-3-19(4-7-21)18-31-12-14-33-15-13-31)8-5-20-16-27-11-9-22(20)24-17-29-26-23(24)2-1-10-28-26/h1-11,16-17H,12-15,18H2,(H,28,29)(H,30,32)/b8-5+. The number of ether oxygens (including phenoxy) is 1. The molecule has 0 radical (unpaired) electrons. The molecule has 7 nitrogen and oxygen atoms in total. The van der Waals surface area contributed by atoms with Crippen LogP contribution in [0.25, 0.3) is 28.2 Å². The number of morpholine rings is 1. The molecule has 1 aliphatic heterocycles. The smallest absolute Gasteiger partial charge is 0.248 e. The molecule has 0 aliphatic carbocycles. The van der Waals surface area contributed by atoms with Gasteiger partial charge in [0.2, 0.25) is 5.91 Å². The molecule has 1 fully saturated rings. The molecule has 5 rings (SSSR count). The minimum absolute atomic E-state index is 0.189. The van der Waals surface area contributed by atoms with Gasteiger partial charge in [0.1, 0.15) is 5.65 Å². The Bertz CT molecular complexity index is 1270. The van der Waals surface area contributed by atoms with Gasteiger partial charge in [0.05, 0.1) is 13.2 Å². The molecular formula is C26H25N5O2. The highest BCUT2D eigenvalue weighted by molar-refractivity contribution is 6.03. The van der Waals surface area contributed by atoms with Gasteiger partial charge in [-0.25, -0.2) is 4.98 Å². The summed E-state index contributed by atoms with van der Waals surface area (Å²) in [7, 11) is 0. The predicted octanol–water partition coefficient (Wildman–Crippen LogP) is 4.11. The van der Waals surface area contributed by atoms with Crippen molar-refractivity contribution >= 4 is 28.7 Å². The maximum atomic E-state index is 12.5. The van der Waals surface area contributed by atoms with Crippen molar-refractivity contribution < 1.29 is 9.53 Å². The molecule has 0 unspecified atom stereocenters. The number of carbonyl (C=O) groups excluding carboxylic acids is 1. The predicted molar refractivity (Wildman–Crippen MR) is 130 cm³/mol. The molecule has 7 heteroatoms. The van der Waals surface area contributed by atoms with E-state index in [1.165, 1.54) is 11.6 Å². The highest BCUT2D eigenvalue weighted by atomic mass is 16.5. The van der Waals surface area contributed by atoms with Crippen molar-refractivity contribution in [1.29, 1.82) is 0 Å². The Morgan fingerprint density at radius 3 is 2.79 bits per heavy atom. The van der Waals surface area contributed by atoms with Crippen molar-refractivity contribution in [2.24, 2.45) is 0 Å². The molecule has 4 heterocycles. The van der Waals surface area contributed by atoms with E-state index in [-0.39, 0.29) is 5.91 Å². The molecule has 3 aromatic heterocycles. The zero-order chi connectivity index (χ0) is 22.5. The molecule has 2 N–H and O–H groups in total. The second-order valence-electron chi connectivity index (χ2n) is 7.97. The number of nitrogens with one attached hydrogen (secondary N) is 2. The van der Waals surface area contributed by atoms with Gasteiger partial charge >= 0.3 is 0 Å². The first-order valence-corrected chi connectivity index (χ1v) is 11.0. The molecule has 1 aliphatic rings. The van der Waals surface area contributed by atoms with Crippen LogP contribution in [-0.4, -0.2) is 52.1 Å². The fourth-order valence-electron chi connectivity index (χ4n) is 4.02. The monoisotopic (exact) mass is 439 g/mol. The lowest BCUT2D eigenvalue weighted by molar-refractivity contribution is -0.111. The van der Waals surface area contributed by atoms with Crippen molar-refractivity contribution in [2.75, 3.05) is 31.6 Å². The van der Waals surface area contributed by atoms with Crippen LogP contribution in [0.4, 0.5) is 5.69 Å². The third-order valence-electron chi connectivity index (χ3n) is 5.74. The van der Waals surface area contributed by atoms with Gasteiger partial charge in [-0.2, -0.15) is 0 Å². The van der Waals surface area contributed by atoms with Crippen LogP contribution in [0, 0.1) is 0 Å². The summed E-state index contributed by atoms with van der Waals surface area (Å²) < 4.78 is 5.40. The number of H-pyrrole nitrogens is 1. The van der Waals surface area contributed by atoms with Gasteiger partial charge in [0.25, 0.3) is 0 Å². The summed E-state index contributed by atoms with van der Waals surface area (Å²) in [5.74, 6) is -0.189. The van der Waals surface area contributed by atoms with Crippen LogP contribution in [0.15, 0.2) is 73.3 Å². The largest absolute Gasteiger partial charge is 0.379 e. The summed E-state index contributed by atoms with van der Waals surface area (Å²) in [5.41, 5.74) is 5.69. The average Bonchev–Trinajstić information content (AvgIpc) is 3.29. The van der Waals surface area contributed by atoms with Crippen LogP contribution in [0.3, 0.4) is 0 Å². The third kappa shape index (κ3) is 5.00. The summed E-state index contributed by atoms with van der Waals surface area (Å²) in [4.78, 5) is 26.7. The van der Waals surface area contributed by atoms with Gasteiger partial charge in [-0.3, -0.25) is 14.7 Å². The van der Waals surface area contributed by atoms with E-state index in [9.17, 15) is 4.79 Å². The Hall–Kier alpha value is -3.81. The first kappa shape index (κ1) is 21.1. The Morgan fingerprint density at radius 2 is 1.94 bits per heavy atom. The number of aromatic amines is 1. The van der Waals surface area contributed by atoms with E-state index in [2.05, 4.69) is 37.3 Å². The molecule has 1 saturated heterocycles. The molecular weight excluding hydrogens is 414 g/mol. The number of anilines is 1. The van der Waals surface area contributed by atoms with Crippen molar-refractivity contribution in [3.05, 3.63) is 84.5 Å². The first-order valence-electron chi connectivity index (χ1n) is 11.0. The fourth-order valence-corrected chi connectivity index (χ4v) is 4.02. The zero-order valence-corrected chi connectivity index (χ0v) is 18.2. The molecule has 0 saturated carbocycles. The molecule has 0 spiro atoms. The van der Waals surface area contributed by atoms with E-state index in [0.717, 1.165) is 66.3 Å². The van der Waals surface area contributed by atoms with Crippen molar-refractivity contribution in [3.63, 3.8) is 0 Å². The van der Waals surface area contributed by atoms with Gasteiger partial charge in [0, 0.05) is 72.7 Å². The summed E-state index contributed by atoms with van der Waals surface area (Å²) in [6.07, 6.45) is 10.5. The topological polar surface area (TPSA) is 83.1 Å². The normalized spacial score (nSPS) is 14.7. The average molecular weight is 440 g/mol. The second-order valence-corrected chi connectivity index (χ2v) is 7.97. The maximum Gasteiger partial charge on any atom is 0.248 e. The highest BCUT2D eigenvalue weighted by Crippen LogP contribution is 2.30. The number of rotatable bonds is 6. The molecule has 1 amide bonds. The maximum absolute atomic E-state index is 12.5. The van der Waals surface area contributed by atoms with Gasteiger partial charge in [-0.1, -0.05) is 12.1 Å². The summed E-state index contributed by atoms with van der Waals surface area (Å²) in [6.45, 7) is 4.38. The molecule has 0 bridgehead atoms. The van der Waals surface area contributed by atoms with E-state index >= 15 is 0 Å². The van der Waals surface area contributed by atoms with Crippen LogP contribution in [0.2, 0.25) is 0 Å². The Kier molecular flexibility index (Phi) is 6.23. The van der Waals surface area contributed by atoms with Crippen LogP contribution in [-0.2, 0) is 16.1 Å². The first-order chi connectivity index (χ1) is 16.3. The van der Waals surface area contributed by atoms with Crippen molar-refractivity contribution in [3.8, 4) is 11.1 Å². The van der Waals surface area contributed by atoms with Gasteiger partial charge < -0.3 is 15.0 Å². The lowest BCUT2D eigenvalue weighted by Gasteiger charge is -2.26. The van der Waals surface area contributed by atoms with Crippen molar-refractivity contribution in [2.45, 2.75) is 6.54 Å². The lowest BCUT2D eigenvalue weighted by atomic mass is 10.0. The fraction of sp³-hybridized carbons (Fsp3) is 0.192. The summed E-state index contributed by atoms with van der Waals surface area (Å²) >= 11 is 0. The minimum Gasteiger partial charge on any atom is -0.379 e. The van der Waals surface area contributed by atoms with E-state index in [4.69, 9.17) is 4.74 Å². The molecule has 4 aromatic rings. The van der Waals surface area contributed by atoms with E-state index in [0.29, 0.717) is 0 Å². The molecule has 33 heavy (non-hydrogen) atoms. The Morgan fingerprint density at radius 1 is 1.09 bits per heavy atom. The molecule has 1 aromatic carbocycles. The number of amides is 1. The highest BCUT2D eigenvalue weighted by Gasteiger charge is 2.11. The van der Waals surface area contributed by atoms with Crippen LogP contribution in [0.5, 0.6) is 0 Å². The van der Waals surface area contributed by atoms with Crippen LogP contribution in [0.1, 0.15) is 11.1 Å². The summed E-state index contributed by atoms with van der Waals surface area (Å²) in [6, 6.07) is 13.9.